The molecule has 0 aliphatic carbocycles. The van der Waals surface area contributed by atoms with Crippen LogP contribution in [0.15, 0.2) is 58.4 Å². The second-order valence-corrected chi connectivity index (χ2v) is 10.6. The minimum absolute atomic E-state index is 0.209. The highest BCUT2D eigenvalue weighted by Gasteiger charge is 2.15. The number of hydrogen-bond acceptors (Lipinski definition) is 7. The largest absolute Gasteiger partial charge is 0.465 e. The highest BCUT2D eigenvalue weighted by atomic mass is 32.2. The number of rotatable bonds is 9. The molecule has 0 radical (unpaired) electrons. The van der Waals surface area contributed by atoms with E-state index in [0.717, 1.165) is 28.0 Å². The van der Waals surface area contributed by atoms with E-state index in [-0.39, 0.29) is 10.8 Å². The number of carbonyl (C=O) groups is 2. The number of nitrogens with zero attached hydrogens (tertiary/aromatic N) is 2. The van der Waals surface area contributed by atoms with Gasteiger partial charge in [0.15, 0.2) is 15.0 Å². The number of carboxylic acid groups (broad SMARTS) is 1. The minimum atomic E-state index is -3.31. The number of aryl methyl sites for hydroxylation is 2. The molecule has 178 valence electrons. The molecule has 1 aromatic heterocycles. The molecule has 0 aliphatic heterocycles. The highest BCUT2D eigenvalue weighted by Crippen LogP contribution is 2.28. The van der Waals surface area contributed by atoms with E-state index >= 15 is 0 Å². The van der Waals surface area contributed by atoms with Crippen LogP contribution in [0.1, 0.15) is 28.6 Å². The van der Waals surface area contributed by atoms with E-state index in [2.05, 4.69) is 20.6 Å². The second kappa shape index (κ2) is 11.0. The van der Waals surface area contributed by atoms with Crippen molar-refractivity contribution in [2.75, 3.05) is 11.6 Å². The standard InChI is InChI=1S/C23H24N4O5S2/c1-15(28)26-22-27-20(11-8-16-6-9-18(10-7-16)24-14-25-23(29)30)21(33-22)13-17-4-3-5-19(12-17)34(2,31)32/h3-7,9-10,12,14H,8,11,13H2,1-2H3,(H,24,25)(H,29,30)(H,26,27,28). The zero-order valence-electron chi connectivity index (χ0n) is 18.6. The van der Waals surface area contributed by atoms with Crippen molar-refractivity contribution in [3.63, 3.8) is 0 Å². The van der Waals surface area contributed by atoms with Crippen LogP contribution >= 0.6 is 11.3 Å². The van der Waals surface area contributed by atoms with Gasteiger partial charge in [-0.3, -0.25) is 10.1 Å². The lowest BCUT2D eigenvalue weighted by Gasteiger charge is -2.06. The summed E-state index contributed by atoms with van der Waals surface area (Å²) >= 11 is 1.38. The van der Waals surface area contributed by atoms with Crippen LogP contribution < -0.4 is 10.6 Å². The van der Waals surface area contributed by atoms with E-state index in [9.17, 15) is 18.0 Å². The maximum atomic E-state index is 11.9. The molecule has 0 aliphatic rings. The van der Waals surface area contributed by atoms with Crippen molar-refractivity contribution in [3.8, 4) is 0 Å². The van der Waals surface area contributed by atoms with Gasteiger partial charge in [0.25, 0.3) is 0 Å². The molecule has 0 saturated carbocycles. The summed E-state index contributed by atoms with van der Waals surface area (Å²) in [6.45, 7) is 1.42. The van der Waals surface area contributed by atoms with Gasteiger partial charge in [-0.05, 0) is 48.2 Å². The van der Waals surface area contributed by atoms with Crippen LogP contribution in [0.2, 0.25) is 0 Å². The van der Waals surface area contributed by atoms with Gasteiger partial charge in [0.1, 0.15) is 0 Å². The molecule has 2 aromatic carbocycles. The van der Waals surface area contributed by atoms with Crippen LogP contribution in [-0.4, -0.2) is 43.1 Å². The summed E-state index contributed by atoms with van der Waals surface area (Å²) in [7, 11) is -3.31. The Balaban J connectivity index is 1.76. The summed E-state index contributed by atoms with van der Waals surface area (Å²) in [5.41, 5.74) is 3.35. The maximum absolute atomic E-state index is 11.9. The first-order valence-electron chi connectivity index (χ1n) is 10.3. The third-order valence-corrected chi connectivity index (χ3v) is 6.86. The first kappa shape index (κ1) is 25.1. The Kier molecular flexibility index (Phi) is 8.13. The molecule has 0 saturated heterocycles. The molecule has 1 heterocycles. The molecule has 2 amide bonds. The predicted molar refractivity (Wildman–Crippen MR) is 132 cm³/mol. The third kappa shape index (κ3) is 7.49. The molecule has 0 fully saturated rings. The molecule has 3 rings (SSSR count). The zero-order valence-corrected chi connectivity index (χ0v) is 20.2. The van der Waals surface area contributed by atoms with E-state index in [0.29, 0.717) is 30.1 Å². The lowest BCUT2D eigenvalue weighted by Crippen LogP contribution is -2.17. The summed E-state index contributed by atoms with van der Waals surface area (Å²) in [6.07, 6.45) is 2.93. The SMILES string of the molecule is CC(=O)Nc1nc(CCc2ccc(N=CNC(=O)O)cc2)c(Cc2cccc(S(C)(=O)=O)c2)s1. The quantitative estimate of drug-likeness (QED) is 0.302. The number of sulfone groups is 1. The van der Waals surface area contributed by atoms with Crippen molar-refractivity contribution in [1.82, 2.24) is 10.3 Å². The fourth-order valence-electron chi connectivity index (χ4n) is 3.17. The maximum Gasteiger partial charge on any atom is 0.409 e. The molecule has 9 nitrogen and oxygen atoms in total. The molecular formula is C23H24N4O5S2. The number of benzene rings is 2. The lowest BCUT2D eigenvalue weighted by atomic mass is 10.0. The van der Waals surface area contributed by atoms with Crippen LogP contribution in [0.5, 0.6) is 0 Å². The van der Waals surface area contributed by atoms with Crippen molar-refractivity contribution in [2.24, 2.45) is 4.99 Å². The number of anilines is 1. The van der Waals surface area contributed by atoms with Gasteiger partial charge in [-0.15, -0.1) is 11.3 Å². The predicted octanol–water partition coefficient (Wildman–Crippen LogP) is 3.81. The Hall–Kier alpha value is -3.57. The average Bonchev–Trinajstić information content (AvgIpc) is 3.12. The van der Waals surface area contributed by atoms with Gasteiger partial charge in [0.05, 0.1) is 22.6 Å². The summed E-state index contributed by atoms with van der Waals surface area (Å²) in [5, 5.41) is 13.9. The number of aliphatic imine (C=N–C) groups is 1. The summed E-state index contributed by atoms with van der Waals surface area (Å²) in [5.74, 6) is -0.209. The topological polar surface area (TPSA) is 138 Å². The van der Waals surface area contributed by atoms with Crippen molar-refractivity contribution in [1.29, 1.82) is 0 Å². The molecule has 0 bridgehead atoms. The Morgan fingerprint density at radius 3 is 2.50 bits per heavy atom. The van der Waals surface area contributed by atoms with E-state index in [1.807, 2.05) is 18.2 Å². The van der Waals surface area contributed by atoms with E-state index < -0.39 is 15.9 Å². The van der Waals surface area contributed by atoms with Gasteiger partial charge >= 0.3 is 6.09 Å². The molecule has 3 aromatic rings. The van der Waals surface area contributed by atoms with Crippen molar-refractivity contribution >= 4 is 50.3 Å². The van der Waals surface area contributed by atoms with Gasteiger partial charge in [-0.2, -0.15) is 0 Å². The van der Waals surface area contributed by atoms with Gasteiger partial charge in [-0.25, -0.2) is 23.2 Å². The lowest BCUT2D eigenvalue weighted by molar-refractivity contribution is -0.114. The van der Waals surface area contributed by atoms with E-state index in [1.165, 1.54) is 24.5 Å². The molecule has 11 heteroatoms. The summed E-state index contributed by atoms with van der Waals surface area (Å²) < 4.78 is 23.8. The normalized spacial score (nSPS) is 11.5. The number of carbonyl (C=O) groups excluding carboxylic acids is 1. The number of hydrogen-bond donors (Lipinski definition) is 3. The highest BCUT2D eigenvalue weighted by molar-refractivity contribution is 7.90. The van der Waals surface area contributed by atoms with Crippen LogP contribution in [0, 0.1) is 0 Å². The van der Waals surface area contributed by atoms with Crippen molar-refractivity contribution < 1.29 is 23.1 Å². The number of amides is 2. The molecule has 0 unspecified atom stereocenters. The van der Waals surface area contributed by atoms with Crippen LogP contribution in [0.3, 0.4) is 0 Å². The van der Waals surface area contributed by atoms with Crippen molar-refractivity contribution in [2.45, 2.75) is 31.1 Å². The van der Waals surface area contributed by atoms with Gasteiger partial charge in [0, 0.05) is 24.5 Å². The summed E-state index contributed by atoms with van der Waals surface area (Å²) in [4.78, 5) is 31.8. The molecular weight excluding hydrogens is 476 g/mol. The zero-order chi connectivity index (χ0) is 24.7. The Morgan fingerprint density at radius 1 is 1.12 bits per heavy atom. The van der Waals surface area contributed by atoms with Gasteiger partial charge in [-0.1, -0.05) is 24.3 Å². The Morgan fingerprint density at radius 2 is 1.85 bits per heavy atom. The van der Waals surface area contributed by atoms with Gasteiger partial charge < -0.3 is 10.4 Å². The number of thiazole rings is 1. The fraction of sp³-hybridized carbons (Fsp3) is 0.217. The van der Waals surface area contributed by atoms with E-state index in [4.69, 9.17) is 5.11 Å². The molecule has 0 atom stereocenters. The van der Waals surface area contributed by atoms with Crippen LogP contribution in [0.4, 0.5) is 15.6 Å². The first-order valence-corrected chi connectivity index (χ1v) is 13.0. The Labute approximate surface area is 201 Å². The van der Waals surface area contributed by atoms with Crippen LogP contribution in [0.25, 0.3) is 0 Å². The smallest absolute Gasteiger partial charge is 0.409 e. The fourth-order valence-corrected chi connectivity index (χ4v) is 4.95. The Bertz CT molecular complexity index is 1320. The van der Waals surface area contributed by atoms with E-state index in [1.54, 1.807) is 30.3 Å². The molecule has 34 heavy (non-hydrogen) atoms. The number of aromatic nitrogens is 1. The minimum Gasteiger partial charge on any atom is -0.465 e. The molecule has 3 N–H and O–H groups in total. The average molecular weight is 501 g/mol. The van der Waals surface area contributed by atoms with Crippen molar-refractivity contribution in [3.05, 3.63) is 70.2 Å². The number of nitrogens with one attached hydrogen (secondary N) is 2. The monoisotopic (exact) mass is 500 g/mol. The van der Waals surface area contributed by atoms with Gasteiger partial charge in [0.2, 0.25) is 5.91 Å². The second-order valence-electron chi connectivity index (χ2n) is 7.54. The third-order valence-electron chi connectivity index (χ3n) is 4.74. The first-order chi connectivity index (χ1) is 16.1. The van der Waals surface area contributed by atoms with Crippen LogP contribution in [-0.2, 0) is 33.9 Å². The summed E-state index contributed by atoms with van der Waals surface area (Å²) in [6, 6.07) is 14.2. The molecule has 0 spiro atoms.